The van der Waals surface area contributed by atoms with Gasteiger partial charge in [0.1, 0.15) is 0 Å². The average molecular weight is 230 g/mol. The molecule has 1 aromatic rings. The fourth-order valence-corrected chi connectivity index (χ4v) is 2.75. The highest BCUT2D eigenvalue weighted by molar-refractivity contribution is 5.96. The zero-order valence-electron chi connectivity index (χ0n) is 10.7. The molecule has 2 rings (SSSR count). The summed E-state index contributed by atoms with van der Waals surface area (Å²) in [5.74, 6) is 1.02. The van der Waals surface area contributed by atoms with Crippen LogP contribution in [0.3, 0.4) is 0 Å². The molecule has 0 amide bonds. The van der Waals surface area contributed by atoms with Crippen molar-refractivity contribution in [3.05, 3.63) is 35.4 Å². The molecule has 0 heterocycles. The maximum atomic E-state index is 11.7. The van der Waals surface area contributed by atoms with Crippen LogP contribution in [0.1, 0.15) is 73.7 Å². The molecule has 0 unspecified atom stereocenters. The second kappa shape index (κ2) is 6.00. The number of hydrogen-bond donors (Lipinski definition) is 0. The number of Topliss-reactive ketones (excluding diaryl/α,β-unsaturated/α-hetero) is 1. The van der Waals surface area contributed by atoms with Gasteiger partial charge in [-0.3, -0.25) is 4.79 Å². The van der Waals surface area contributed by atoms with Gasteiger partial charge in [0.25, 0.3) is 0 Å². The summed E-state index contributed by atoms with van der Waals surface area (Å²) in [6.07, 6.45) is 8.36. The number of rotatable bonds is 4. The summed E-state index contributed by atoms with van der Waals surface area (Å²) in [5, 5.41) is 0. The molecule has 1 aliphatic rings. The van der Waals surface area contributed by atoms with E-state index in [1.54, 1.807) is 0 Å². The SMILES string of the molecule is CCCC(=O)c1ccc(C2CCCCC2)cc1. The van der Waals surface area contributed by atoms with Gasteiger partial charge in [-0.25, -0.2) is 0 Å². The largest absolute Gasteiger partial charge is 0.294 e. The van der Waals surface area contributed by atoms with Gasteiger partial charge in [0.2, 0.25) is 0 Å². The second-order valence-corrected chi connectivity index (χ2v) is 5.13. The highest BCUT2D eigenvalue weighted by Gasteiger charge is 2.15. The van der Waals surface area contributed by atoms with Gasteiger partial charge in [-0.15, -0.1) is 0 Å². The smallest absolute Gasteiger partial charge is 0.162 e. The third-order valence-corrected chi connectivity index (χ3v) is 3.79. The lowest BCUT2D eigenvalue weighted by molar-refractivity contribution is 0.0981. The van der Waals surface area contributed by atoms with Gasteiger partial charge in [-0.2, -0.15) is 0 Å². The first-order chi connectivity index (χ1) is 8.31. The fraction of sp³-hybridized carbons (Fsp3) is 0.562. The third-order valence-electron chi connectivity index (χ3n) is 3.79. The van der Waals surface area contributed by atoms with Crippen molar-refractivity contribution in [1.29, 1.82) is 0 Å². The molecule has 0 saturated heterocycles. The number of benzene rings is 1. The van der Waals surface area contributed by atoms with Crippen LogP contribution in [0, 0.1) is 0 Å². The number of carbonyl (C=O) groups is 1. The molecular formula is C16H22O. The highest BCUT2D eigenvalue weighted by Crippen LogP contribution is 2.32. The molecule has 0 bridgehead atoms. The Morgan fingerprint density at radius 3 is 2.35 bits per heavy atom. The van der Waals surface area contributed by atoms with Crippen LogP contribution < -0.4 is 0 Å². The number of carbonyl (C=O) groups excluding carboxylic acids is 1. The highest BCUT2D eigenvalue weighted by atomic mass is 16.1. The Morgan fingerprint density at radius 1 is 1.12 bits per heavy atom. The molecule has 1 fully saturated rings. The molecule has 0 radical (unpaired) electrons. The lowest BCUT2D eigenvalue weighted by Crippen LogP contribution is -2.05. The first-order valence-electron chi connectivity index (χ1n) is 6.94. The molecule has 17 heavy (non-hydrogen) atoms. The first-order valence-corrected chi connectivity index (χ1v) is 6.94. The topological polar surface area (TPSA) is 17.1 Å². The van der Waals surface area contributed by atoms with Crippen molar-refractivity contribution < 1.29 is 4.79 Å². The zero-order chi connectivity index (χ0) is 12.1. The summed E-state index contributed by atoms with van der Waals surface area (Å²) in [4.78, 5) is 11.7. The van der Waals surface area contributed by atoms with Crippen molar-refractivity contribution in [1.82, 2.24) is 0 Å². The third kappa shape index (κ3) is 3.18. The van der Waals surface area contributed by atoms with Crippen LogP contribution in [-0.4, -0.2) is 5.78 Å². The Morgan fingerprint density at radius 2 is 1.76 bits per heavy atom. The standard InChI is InChI=1S/C16H22O/c1-2-6-16(17)15-11-9-14(10-12-15)13-7-4-3-5-8-13/h9-13H,2-8H2,1H3. The van der Waals surface area contributed by atoms with Gasteiger partial charge in [0.15, 0.2) is 5.78 Å². The molecule has 0 N–H and O–H groups in total. The predicted octanol–water partition coefficient (Wildman–Crippen LogP) is 4.72. The summed E-state index contributed by atoms with van der Waals surface area (Å²) in [6, 6.07) is 8.36. The van der Waals surface area contributed by atoms with E-state index in [1.165, 1.54) is 37.7 Å². The van der Waals surface area contributed by atoms with Gasteiger partial charge in [-0.1, -0.05) is 50.5 Å². The molecule has 1 aliphatic carbocycles. The van der Waals surface area contributed by atoms with Crippen LogP contribution >= 0.6 is 0 Å². The molecule has 0 spiro atoms. The van der Waals surface area contributed by atoms with E-state index >= 15 is 0 Å². The van der Waals surface area contributed by atoms with Crippen molar-refractivity contribution in [3.63, 3.8) is 0 Å². The molecule has 0 atom stereocenters. The van der Waals surface area contributed by atoms with Crippen molar-refractivity contribution in [3.8, 4) is 0 Å². The Kier molecular flexibility index (Phi) is 4.36. The minimum Gasteiger partial charge on any atom is -0.294 e. The van der Waals surface area contributed by atoms with Gasteiger partial charge in [-0.05, 0) is 30.7 Å². The fourth-order valence-electron chi connectivity index (χ4n) is 2.75. The first kappa shape index (κ1) is 12.3. The molecule has 0 aliphatic heterocycles. The normalized spacial score (nSPS) is 17.0. The lowest BCUT2D eigenvalue weighted by Gasteiger charge is -2.22. The van der Waals surface area contributed by atoms with E-state index in [4.69, 9.17) is 0 Å². The number of hydrogen-bond acceptors (Lipinski definition) is 1. The quantitative estimate of drug-likeness (QED) is 0.684. The molecular weight excluding hydrogens is 208 g/mol. The van der Waals surface area contributed by atoms with Gasteiger partial charge in [0.05, 0.1) is 0 Å². The van der Waals surface area contributed by atoms with E-state index in [1.807, 2.05) is 19.1 Å². The molecule has 1 nitrogen and oxygen atoms in total. The van der Waals surface area contributed by atoms with Crippen molar-refractivity contribution >= 4 is 5.78 Å². The molecule has 1 saturated carbocycles. The molecule has 92 valence electrons. The Hall–Kier alpha value is -1.11. The average Bonchev–Trinajstić information content (AvgIpc) is 2.40. The summed E-state index contributed by atoms with van der Waals surface area (Å²) >= 11 is 0. The maximum absolute atomic E-state index is 11.7. The van der Waals surface area contributed by atoms with E-state index in [-0.39, 0.29) is 5.78 Å². The van der Waals surface area contributed by atoms with E-state index in [9.17, 15) is 4.79 Å². The van der Waals surface area contributed by atoms with E-state index in [0.717, 1.165) is 17.9 Å². The van der Waals surface area contributed by atoms with Crippen LogP contribution in [0.15, 0.2) is 24.3 Å². The van der Waals surface area contributed by atoms with Crippen LogP contribution in [0.2, 0.25) is 0 Å². The van der Waals surface area contributed by atoms with E-state index in [2.05, 4.69) is 12.1 Å². The minimum atomic E-state index is 0.280. The van der Waals surface area contributed by atoms with Crippen LogP contribution in [-0.2, 0) is 0 Å². The van der Waals surface area contributed by atoms with Crippen molar-refractivity contribution in [2.45, 2.75) is 57.8 Å². The minimum absolute atomic E-state index is 0.280. The van der Waals surface area contributed by atoms with Gasteiger partial charge < -0.3 is 0 Å². The molecule has 0 aromatic heterocycles. The Labute approximate surface area is 104 Å². The van der Waals surface area contributed by atoms with E-state index in [0.29, 0.717) is 6.42 Å². The molecule has 1 heteroatoms. The van der Waals surface area contributed by atoms with Crippen molar-refractivity contribution in [2.24, 2.45) is 0 Å². The monoisotopic (exact) mass is 230 g/mol. The lowest BCUT2D eigenvalue weighted by atomic mass is 9.84. The summed E-state index contributed by atoms with van der Waals surface area (Å²) in [6.45, 7) is 2.05. The second-order valence-electron chi connectivity index (χ2n) is 5.13. The Balaban J connectivity index is 2.04. The predicted molar refractivity (Wildman–Crippen MR) is 71.5 cm³/mol. The zero-order valence-corrected chi connectivity index (χ0v) is 10.7. The van der Waals surface area contributed by atoms with Crippen LogP contribution in [0.4, 0.5) is 0 Å². The Bertz CT molecular complexity index is 358. The van der Waals surface area contributed by atoms with Crippen molar-refractivity contribution in [2.75, 3.05) is 0 Å². The molecule has 1 aromatic carbocycles. The van der Waals surface area contributed by atoms with E-state index < -0.39 is 0 Å². The van der Waals surface area contributed by atoms with Gasteiger partial charge >= 0.3 is 0 Å². The number of ketones is 1. The van der Waals surface area contributed by atoms with Crippen LogP contribution in [0.5, 0.6) is 0 Å². The maximum Gasteiger partial charge on any atom is 0.162 e. The van der Waals surface area contributed by atoms with Gasteiger partial charge in [0, 0.05) is 12.0 Å². The summed E-state index contributed by atoms with van der Waals surface area (Å²) < 4.78 is 0. The summed E-state index contributed by atoms with van der Waals surface area (Å²) in [7, 11) is 0. The van der Waals surface area contributed by atoms with Crippen LogP contribution in [0.25, 0.3) is 0 Å². The summed E-state index contributed by atoms with van der Waals surface area (Å²) in [5.41, 5.74) is 2.31.